The van der Waals surface area contributed by atoms with Crippen LogP contribution in [0.4, 0.5) is 10.2 Å². The van der Waals surface area contributed by atoms with Crippen molar-refractivity contribution in [2.75, 3.05) is 12.8 Å². The molecule has 17 heavy (non-hydrogen) atoms. The molecule has 0 saturated heterocycles. The molecule has 2 aromatic rings. The summed E-state index contributed by atoms with van der Waals surface area (Å²) in [6.45, 7) is 0. The minimum Gasteiger partial charge on any atom is -0.495 e. The number of aromatic nitrogens is 2. The molecule has 0 saturated carbocycles. The van der Waals surface area contributed by atoms with Crippen molar-refractivity contribution < 1.29 is 9.13 Å². The number of halogens is 2. The van der Waals surface area contributed by atoms with Gasteiger partial charge in [-0.3, -0.25) is 4.68 Å². The van der Waals surface area contributed by atoms with Crippen molar-refractivity contribution in [2.45, 2.75) is 0 Å². The van der Waals surface area contributed by atoms with Gasteiger partial charge in [0.25, 0.3) is 0 Å². The highest BCUT2D eigenvalue weighted by Gasteiger charge is 2.16. The van der Waals surface area contributed by atoms with E-state index in [1.807, 2.05) is 0 Å². The molecular weight excluding hydrogens is 289 g/mol. The Hall–Kier alpha value is -1.56. The lowest BCUT2D eigenvalue weighted by atomic mass is 10.1. The largest absolute Gasteiger partial charge is 0.495 e. The Morgan fingerprint density at radius 2 is 2.12 bits per heavy atom. The first-order valence-electron chi connectivity index (χ1n) is 4.86. The van der Waals surface area contributed by atoms with E-state index in [0.29, 0.717) is 22.7 Å². The number of aryl methyl sites for hydroxylation is 1. The van der Waals surface area contributed by atoms with Gasteiger partial charge >= 0.3 is 0 Å². The molecule has 0 bridgehead atoms. The standard InChI is InChI=1S/C11H11BrFN3O/c1-16-11(14)7(5-15-16)6-3-4-8(17-2)9(12)10(6)13/h3-5H,14H2,1-2H3. The highest BCUT2D eigenvalue weighted by molar-refractivity contribution is 9.10. The van der Waals surface area contributed by atoms with Gasteiger partial charge in [-0.05, 0) is 28.1 Å². The third-order valence-corrected chi connectivity index (χ3v) is 3.28. The quantitative estimate of drug-likeness (QED) is 0.927. The van der Waals surface area contributed by atoms with Crippen molar-refractivity contribution in [1.29, 1.82) is 0 Å². The Kier molecular flexibility index (Phi) is 3.06. The monoisotopic (exact) mass is 299 g/mol. The van der Waals surface area contributed by atoms with E-state index in [1.54, 1.807) is 19.2 Å². The molecule has 0 aliphatic heterocycles. The van der Waals surface area contributed by atoms with Gasteiger partial charge < -0.3 is 10.5 Å². The summed E-state index contributed by atoms with van der Waals surface area (Å²) in [5.74, 6) is 0.443. The molecular formula is C11H11BrFN3O. The Labute approximate surface area is 106 Å². The van der Waals surface area contributed by atoms with Crippen molar-refractivity contribution in [1.82, 2.24) is 9.78 Å². The molecule has 0 aliphatic rings. The second-order valence-corrected chi connectivity index (χ2v) is 4.30. The molecule has 1 heterocycles. The van der Waals surface area contributed by atoms with Crippen LogP contribution in [0.2, 0.25) is 0 Å². The summed E-state index contributed by atoms with van der Waals surface area (Å²) in [4.78, 5) is 0. The van der Waals surface area contributed by atoms with Gasteiger partial charge in [0, 0.05) is 18.2 Å². The number of anilines is 1. The molecule has 0 spiro atoms. The Morgan fingerprint density at radius 1 is 1.41 bits per heavy atom. The van der Waals surface area contributed by atoms with Gasteiger partial charge in [-0.15, -0.1) is 0 Å². The minimum atomic E-state index is -0.413. The van der Waals surface area contributed by atoms with Gasteiger partial charge in [-0.2, -0.15) is 5.10 Å². The average molecular weight is 300 g/mol. The summed E-state index contributed by atoms with van der Waals surface area (Å²) in [6, 6.07) is 3.29. The third-order valence-electron chi connectivity index (χ3n) is 2.54. The number of nitrogen functional groups attached to an aromatic ring is 1. The molecule has 0 atom stereocenters. The zero-order valence-electron chi connectivity index (χ0n) is 9.37. The SMILES string of the molecule is COc1ccc(-c2cnn(C)c2N)c(F)c1Br. The van der Waals surface area contributed by atoms with Crippen LogP contribution in [0, 0.1) is 5.82 Å². The number of hydrogen-bond donors (Lipinski definition) is 1. The number of nitrogens with two attached hydrogens (primary N) is 1. The number of benzene rings is 1. The van der Waals surface area contributed by atoms with E-state index >= 15 is 0 Å². The van der Waals surface area contributed by atoms with Crippen LogP contribution < -0.4 is 10.5 Å². The third kappa shape index (κ3) is 1.88. The normalized spacial score (nSPS) is 10.6. The van der Waals surface area contributed by atoms with Crippen LogP contribution in [-0.2, 0) is 7.05 Å². The maximum Gasteiger partial charge on any atom is 0.149 e. The molecule has 0 aliphatic carbocycles. The number of methoxy groups -OCH3 is 1. The van der Waals surface area contributed by atoms with Crippen LogP contribution in [0.3, 0.4) is 0 Å². The molecule has 0 amide bonds. The predicted octanol–water partition coefficient (Wildman–Crippen LogP) is 2.58. The molecule has 4 nitrogen and oxygen atoms in total. The van der Waals surface area contributed by atoms with E-state index in [4.69, 9.17) is 10.5 Å². The zero-order chi connectivity index (χ0) is 12.6. The summed E-state index contributed by atoms with van der Waals surface area (Å²) in [6.07, 6.45) is 1.53. The van der Waals surface area contributed by atoms with E-state index in [9.17, 15) is 4.39 Å². The summed E-state index contributed by atoms with van der Waals surface area (Å²) >= 11 is 3.15. The lowest BCUT2D eigenvalue weighted by Crippen LogP contribution is -1.99. The fraction of sp³-hybridized carbons (Fsp3) is 0.182. The first-order valence-corrected chi connectivity index (χ1v) is 5.65. The van der Waals surface area contributed by atoms with Crippen LogP contribution in [0.5, 0.6) is 5.75 Å². The molecule has 0 radical (unpaired) electrons. The molecule has 90 valence electrons. The second-order valence-electron chi connectivity index (χ2n) is 3.51. The van der Waals surface area contributed by atoms with Gasteiger partial charge in [-0.1, -0.05) is 0 Å². The molecule has 0 unspecified atom stereocenters. The van der Waals surface area contributed by atoms with Gasteiger partial charge in [-0.25, -0.2) is 4.39 Å². The van der Waals surface area contributed by atoms with E-state index in [2.05, 4.69) is 21.0 Å². The van der Waals surface area contributed by atoms with E-state index in [0.717, 1.165) is 0 Å². The van der Waals surface area contributed by atoms with Gasteiger partial charge in [0.2, 0.25) is 0 Å². The van der Waals surface area contributed by atoms with Gasteiger partial charge in [0.15, 0.2) is 0 Å². The van der Waals surface area contributed by atoms with Crippen molar-refractivity contribution in [2.24, 2.45) is 7.05 Å². The number of nitrogens with zero attached hydrogens (tertiary/aromatic N) is 2. The minimum absolute atomic E-state index is 0.278. The number of rotatable bonds is 2. The topological polar surface area (TPSA) is 53.1 Å². The van der Waals surface area contributed by atoms with Crippen LogP contribution >= 0.6 is 15.9 Å². The second kappa shape index (κ2) is 4.37. The summed E-state index contributed by atoms with van der Waals surface area (Å²) in [5.41, 5.74) is 6.77. The van der Waals surface area contributed by atoms with Crippen LogP contribution in [0.1, 0.15) is 0 Å². The fourth-order valence-electron chi connectivity index (χ4n) is 1.55. The molecule has 2 rings (SSSR count). The molecule has 6 heteroatoms. The van der Waals surface area contributed by atoms with Crippen molar-refractivity contribution in [3.63, 3.8) is 0 Å². The number of hydrogen-bond acceptors (Lipinski definition) is 3. The maximum atomic E-state index is 14.1. The smallest absolute Gasteiger partial charge is 0.149 e. The first-order chi connectivity index (χ1) is 8.06. The highest BCUT2D eigenvalue weighted by Crippen LogP contribution is 2.36. The maximum absolute atomic E-state index is 14.1. The van der Waals surface area contributed by atoms with Crippen LogP contribution in [0.25, 0.3) is 11.1 Å². The Balaban J connectivity index is 2.61. The lowest BCUT2D eigenvalue weighted by Gasteiger charge is -2.08. The summed E-state index contributed by atoms with van der Waals surface area (Å²) in [7, 11) is 3.19. The van der Waals surface area contributed by atoms with Crippen molar-refractivity contribution in [3.05, 3.63) is 28.6 Å². The Morgan fingerprint density at radius 3 is 2.65 bits per heavy atom. The van der Waals surface area contributed by atoms with Crippen LogP contribution in [0.15, 0.2) is 22.8 Å². The fourth-order valence-corrected chi connectivity index (χ4v) is 2.06. The molecule has 0 fully saturated rings. The summed E-state index contributed by atoms with van der Waals surface area (Å²) < 4.78 is 20.9. The predicted molar refractivity (Wildman–Crippen MR) is 67.3 cm³/mol. The molecule has 1 aromatic carbocycles. The van der Waals surface area contributed by atoms with E-state index in [1.165, 1.54) is 18.0 Å². The average Bonchev–Trinajstić information content (AvgIpc) is 2.64. The zero-order valence-corrected chi connectivity index (χ0v) is 11.0. The molecule has 1 aromatic heterocycles. The van der Waals surface area contributed by atoms with E-state index in [-0.39, 0.29) is 4.47 Å². The Bertz CT molecular complexity index is 568. The van der Waals surface area contributed by atoms with Crippen LogP contribution in [-0.4, -0.2) is 16.9 Å². The van der Waals surface area contributed by atoms with Gasteiger partial charge in [0.1, 0.15) is 17.4 Å². The first kappa shape index (κ1) is 11.9. The highest BCUT2D eigenvalue weighted by atomic mass is 79.9. The van der Waals surface area contributed by atoms with Crippen molar-refractivity contribution >= 4 is 21.7 Å². The van der Waals surface area contributed by atoms with E-state index < -0.39 is 5.82 Å². The van der Waals surface area contributed by atoms with Crippen molar-refractivity contribution in [3.8, 4) is 16.9 Å². The lowest BCUT2D eigenvalue weighted by molar-refractivity contribution is 0.408. The molecule has 2 N–H and O–H groups in total. The summed E-state index contributed by atoms with van der Waals surface area (Å²) in [5, 5.41) is 3.98. The number of ether oxygens (including phenoxy) is 1. The van der Waals surface area contributed by atoms with Gasteiger partial charge in [0.05, 0.1) is 17.8 Å².